The summed E-state index contributed by atoms with van der Waals surface area (Å²) in [6.07, 6.45) is 1.65. The molecule has 0 atom stereocenters. The lowest BCUT2D eigenvalue weighted by Crippen LogP contribution is -2.17. The average molecular weight is 445 g/mol. The first-order chi connectivity index (χ1) is 14.9. The zero-order valence-corrected chi connectivity index (χ0v) is 18.4. The van der Waals surface area contributed by atoms with E-state index in [1.807, 2.05) is 24.3 Å². The molecule has 3 rings (SSSR count). The zero-order valence-electron chi connectivity index (χ0n) is 17.6. The van der Waals surface area contributed by atoms with Crippen LogP contribution in [0.15, 0.2) is 30.5 Å². The van der Waals surface area contributed by atoms with Crippen LogP contribution in [0, 0.1) is 12.8 Å². The molecule has 0 saturated carbocycles. The highest BCUT2D eigenvalue weighted by molar-refractivity contribution is 7.14. The van der Waals surface area contributed by atoms with Gasteiger partial charge in [0.25, 0.3) is 0 Å². The quantitative estimate of drug-likeness (QED) is 0.289. The number of ether oxygens (including phenoxy) is 3. The van der Waals surface area contributed by atoms with Crippen LogP contribution in [-0.4, -0.2) is 54.1 Å². The minimum Gasteiger partial charge on any atom is -0.463 e. The first-order valence-corrected chi connectivity index (χ1v) is 10.7. The lowest BCUT2D eigenvalue weighted by molar-refractivity contribution is -0.148. The van der Waals surface area contributed by atoms with E-state index >= 15 is 0 Å². The molecule has 0 spiro atoms. The molecule has 0 unspecified atom stereocenters. The Balaban J connectivity index is 1.50. The molecule has 0 bridgehead atoms. The van der Waals surface area contributed by atoms with Crippen molar-refractivity contribution in [1.82, 2.24) is 9.97 Å². The van der Waals surface area contributed by atoms with E-state index in [1.54, 1.807) is 27.0 Å². The number of esters is 2. The Morgan fingerprint density at radius 3 is 2.52 bits per heavy atom. The monoisotopic (exact) mass is 444 g/mol. The van der Waals surface area contributed by atoms with Gasteiger partial charge in [0, 0.05) is 22.0 Å². The SMILES string of the molecule is Cc1sc(C(=O)c2c[nH]c3ccccc23)nc1C(=O)OCCOCCOC(=O)C(C)C. The highest BCUT2D eigenvalue weighted by Gasteiger charge is 2.23. The van der Waals surface area contributed by atoms with Crippen LogP contribution in [0.25, 0.3) is 10.9 Å². The lowest BCUT2D eigenvalue weighted by Gasteiger charge is -2.08. The number of aromatic nitrogens is 2. The number of aryl methyl sites for hydroxylation is 1. The largest absolute Gasteiger partial charge is 0.463 e. The maximum absolute atomic E-state index is 12.9. The number of H-pyrrole nitrogens is 1. The van der Waals surface area contributed by atoms with Crippen LogP contribution in [0.4, 0.5) is 0 Å². The predicted octanol–water partition coefficient (Wildman–Crippen LogP) is 3.54. The Kier molecular flexibility index (Phi) is 7.54. The molecule has 0 aliphatic rings. The fourth-order valence-corrected chi connectivity index (χ4v) is 3.64. The molecule has 31 heavy (non-hydrogen) atoms. The van der Waals surface area contributed by atoms with E-state index in [1.165, 1.54) is 0 Å². The number of ketones is 1. The van der Waals surface area contributed by atoms with Crippen molar-refractivity contribution in [1.29, 1.82) is 0 Å². The van der Waals surface area contributed by atoms with Gasteiger partial charge in [0.05, 0.1) is 24.7 Å². The molecule has 3 aromatic rings. The van der Waals surface area contributed by atoms with Crippen molar-refractivity contribution in [3.63, 3.8) is 0 Å². The topological polar surface area (TPSA) is 108 Å². The van der Waals surface area contributed by atoms with Crippen molar-refractivity contribution < 1.29 is 28.6 Å². The van der Waals surface area contributed by atoms with Crippen LogP contribution >= 0.6 is 11.3 Å². The Hall–Kier alpha value is -3.04. The van der Waals surface area contributed by atoms with Crippen molar-refractivity contribution in [3.8, 4) is 0 Å². The molecule has 0 saturated heterocycles. The summed E-state index contributed by atoms with van der Waals surface area (Å²) < 4.78 is 15.5. The normalized spacial score (nSPS) is 11.1. The van der Waals surface area contributed by atoms with E-state index in [2.05, 4.69) is 9.97 Å². The molecular formula is C22H24N2O6S. The van der Waals surface area contributed by atoms with Crippen LogP contribution in [0.1, 0.15) is 44.6 Å². The second-order valence-electron chi connectivity index (χ2n) is 7.07. The second-order valence-corrected chi connectivity index (χ2v) is 8.27. The van der Waals surface area contributed by atoms with Gasteiger partial charge in [-0.3, -0.25) is 9.59 Å². The summed E-state index contributed by atoms with van der Waals surface area (Å²) in [4.78, 5) is 44.4. The van der Waals surface area contributed by atoms with Crippen molar-refractivity contribution in [2.75, 3.05) is 26.4 Å². The molecular weight excluding hydrogens is 420 g/mol. The summed E-state index contributed by atoms with van der Waals surface area (Å²) >= 11 is 1.16. The van der Waals surface area contributed by atoms with E-state index < -0.39 is 5.97 Å². The molecule has 9 heteroatoms. The van der Waals surface area contributed by atoms with Gasteiger partial charge in [-0.05, 0) is 13.0 Å². The highest BCUT2D eigenvalue weighted by atomic mass is 32.1. The average Bonchev–Trinajstić information content (AvgIpc) is 3.36. The minimum absolute atomic E-state index is 0.0274. The highest BCUT2D eigenvalue weighted by Crippen LogP contribution is 2.25. The molecule has 1 N–H and O–H groups in total. The summed E-state index contributed by atoms with van der Waals surface area (Å²) in [6.45, 7) is 5.78. The third-order valence-corrected chi connectivity index (χ3v) is 5.39. The van der Waals surface area contributed by atoms with Crippen molar-refractivity contribution in [2.45, 2.75) is 20.8 Å². The van der Waals surface area contributed by atoms with Crippen molar-refractivity contribution in [3.05, 3.63) is 51.6 Å². The molecule has 164 valence electrons. The third kappa shape index (κ3) is 5.56. The number of fused-ring (bicyclic) bond motifs is 1. The lowest BCUT2D eigenvalue weighted by atomic mass is 10.1. The van der Waals surface area contributed by atoms with Crippen LogP contribution in [0.5, 0.6) is 0 Å². The number of carbonyl (C=O) groups is 3. The predicted molar refractivity (Wildman–Crippen MR) is 115 cm³/mol. The number of hydrogen-bond acceptors (Lipinski definition) is 8. The molecule has 1 aromatic carbocycles. The Morgan fingerprint density at radius 2 is 1.77 bits per heavy atom. The first kappa shape index (κ1) is 22.6. The number of aromatic amines is 1. The Labute approximate surface area is 183 Å². The molecule has 0 aliphatic heterocycles. The molecule has 2 aromatic heterocycles. The summed E-state index contributed by atoms with van der Waals surface area (Å²) in [5, 5.41) is 1.04. The Bertz CT molecular complexity index is 1080. The van der Waals surface area contributed by atoms with Crippen molar-refractivity contribution in [2.24, 2.45) is 5.92 Å². The molecule has 0 aliphatic carbocycles. The molecule has 0 amide bonds. The molecule has 8 nitrogen and oxygen atoms in total. The summed E-state index contributed by atoms with van der Waals surface area (Å²) in [5.74, 6) is -1.33. The van der Waals surface area contributed by atoms with Gasteiger partial charge in [0.2, 0.25) is 5.78 Å². The van der Waals surface area contributed by atoms with Gasteiger partial charge in [-0.1, -0.05) is 32.0 Å². The van der Waals surface area contributed by atoms with Gasteiger partial charge < -0.3 is 19.2 Å². The van der Waals surface area contributed by atoms with Crippen LogP contribution < -0.4 is 0 Å². The van der Waals surface area contributed by atoms with Gasteiger partial charge in [-0.25, -0.2) is 9.78 Å². The van der Waals surface area contributed by atoms with E-state index in [0.717, 1.165) is 22.2 Å². The van der Waals surface area contributed by atoms with E-state index in [-0.39, 0.29) is 54.8 Å². The maximum Gasteiger partial charge on any atom is 0.358 e. The molecule has 0 radical (unpaired) electrons. The molecule has 0 fully saturated rings. The van der Waals surface area contributed by atoms with Gasteiger partial charge in [0.15, 0.2) is 10.7 Å². The van der Waals surface area contributed by atoms with Crippen LogP contribution in [0.2, 0.25) is 0 Å². The van der Waals surface area contributed by atoms with Crippen LogP contribution in [0.3, 0.4) is 0 Å². The standard InChI is InChI=1S/C22H24N2O6S/c1-13(2)21(26)29-10-8-28-9-11-30-22(27)18-14(3)31-20(24-18)19(25)16-12-23-17-7-5-4-6-15(16)17/h4-7,12-13,23H,8-11H2,1-3H3. The van der Waals surface area contributed by atoms with E-state index in [4.69, 9.17) is 14.2 Å². The van der Waals surface area contributed by atoms with Gasteiger partial charge in [-0.15, -0.1) is 11.3 Å². The summed E-state index contributed by atoms with van der Waals surface area (Å²) in [7, 11) is 0. The first-order valence-electron chi connectivity index (χ1n) is 9.88. The number of rotatable bonds is 10. The number of thiazole rings is 1. The number of para-hydroxylation sites is 1. The third-order valence-electron chi connectivity index (χ3n) is 4.42. The van der Waals surface area contributed by atoms with Crippen LogP contribution in [-0.2, 0) is 19.0 Å². The number of carbonyl (C=O) groups excluding carboxylic acids is 3. The molecule has 2 heterocycles. The second kappa shape index (κ2) is 10.3. The fraction of sp³-hybridized carbons (Fsp3) is 0.364. The maximum atomic E-state index is 12.9. The Morgan fingerprint density at radius 1 is 1.06 bits per heavy atom. The van der Waals surface area contributed by atoms with Gasteiger partial charge in [-0.2, -0.15) is 0 Å². The number of nitrogens with one attached hydrogen (secondary N) is 1. The van der Waals surface area contributed by atoms with Gasteiger partial charge in [0.1, 0.15) is 13.2 Å². The summed E-state index contributed by atoms with van der Waals surface area (Å²) in [6, 6.07) is 7.49. The smallest absolute Gasteiger partial charge is 0.358 e. The van der Waals surface area contributed by atoms with Gasteiger partial charge >= 0.3 is 11.9 Å². The fourth-order valence-electron chi connectivity index (χ4n) is 2.79. The zero-order chi connectivity index (χ0) is 22.4. The number of nitrogens with zero attached hydrogens (tertiary/aromatic N) is 1. The number of benzene rings is 1. The van der Waals surface area contributed by atoms with E-state index in [9.17, 15) is 14.4 Å². The van der Waals surface area contributed by atoms with Crippen molar-refractivity contribution >= 4 is 40.0 Å². The number of hydrogen-bond donors (Lipinski definition) is 1. The minimum atomic E-state index is -0.610. The van der Waals surface area contributed by atoms with E-state index in [0.29, 0.717) is 10.4 Å². The summed E-state index contributed by atoms with van der Waals surface area (Å²) in [5.41, 5.74) is 1.49.